The predicted octanol–water partition coefficient (Wildman–Crippen LogP) is 4.40. The first-order valence-electron chi connectivity index (χ1n) is 9.96. The monoisotopic (exact) mass is 407 g/mol. The zero-order valence-electron chi connectivity index (χ0n) is 17.6. The summed E-state index contributed by atoms with van der Waals surface area (Å²) in [6.45, 7) is 4.83. The number of nitrogens with zero attached hydrogens (tertiary/aromatic N) is 3. The first-order chi connectivity index (χ1) is 14.5. The molecule has 2 heterocycles. The fourth-order valence-corrected chi connectivity index (χ4v) is 3.66. The molecule has 0 saturated carbocycles. The highest BCUT2D eigenvalue weighted by Gasteiger charge is 2.34. The Hall–Kier alpha value is -3.35. The lowest BCUT2D eigenvalue weighted by atomic mass is 10.0. The molecule has 3 aromatic rings. The molecule has 0 radical (unpaired) electrons. The average molecular weight is 407 g/mol. The lowest BCUT2D eigenvalue weighted by Crippen LogP contribution is -2.24. The van der Waals surface area contributed by atoms with Crippen LogP contribution in [-0.2, 0) is 4.79 Å². The minimum atomic E-state index is -0.111. The summed E-state index contributed by atoms with van der Waals surface area (Å²) in [5, 5.41) is 4.14. The van der Waals surface area contributed by atoms with Gasteiger partial charge in [0.1, 0.15) is 0 Å². The Bertz CT molecular complexity index is 1040. The van der Waals surface area contributed by atoms with Crippen molar-refractivity contribution in [3.8, 4) is 23.0 Å². The van der Waals surface area contributed by atoms with E-state index in [0.29, 0.717) is 42.1 Å². The average Bonchev–Trinajstić information content (AvgIpc) is 3.40. The van der Waals surface area contributed by atoms with Crippen LogP contribution in [0.25, 0.3) is 11.5 Å². The summed E-state index contributed by atoms with van der Waals surface area (Å²) >= 11 is 0. The highest BCUT2D eigenvalue weighted by Crippen LogP contribution is 2.34. The van der Waals surface area contributed by atoms with Crippen molar-refractivity contribution in [2.75, 3.05) is 25.7 Å². The number of benzene rings is 2. The van der Waals surface area contributed by atoms with Crippen molar-refractivity contribution in [2.45, 2.75) is 32.1 Å². The highest BCUT2D eigenvalue weighted by molar-refractivity contribution is 5.96. The summed E-state index contributed by atoms with van der Waals surface area (Å²) in [6, 6.07) is 13.6. The maximum absolute atomic E-state index is 12.6. The summed E-state index contributed by atoms with van der Waals surface area (Å²) < 4.78 is 16.1. The normalized spacial score (nSPS) is 16.4. The van der Waals surface area contributed by atoms with E-state index in [1.54, 1.807) is 31.3 Å². The van der Waals surface area contributed by atoms with E-state index in [4.69, 9.17) is 14.0 Å². The van der Waals surface area contributed by atoms with E-state index in [0.717, 1.165) is 11.3 Å². The van der Waals surface area contributed by atoms with Crippen LogP contribution in [0.15, 0.2) is 47.0 Å². The number of methoxy groups -OCH3 is 2. The number of hydrogen-bond acceptors (Lipinski definition) is 6. The summed E-state index contributed by atoms with van der Waals surface area (Å²) in [7, 11) is 3.16. The smallest absolute Gasteiger partial charge is 0.258 e. The van der Waals surface area contributed by atoms with Crippen LogP contribution in [0.2, 0.25) is 0 Å². The van der Waals surface area contributed by atoms with Gasteiger partial charge in [0.15, 0.2) is 17.3 Å². The molecule has 30 heavy (non-hydrogen) atoms. The molecule has 4 rings (SSSR count). The van der Waals surface area contributed by atoms with E-state index in [2.05, 4.69) is 36.1 Å². The summed E-state index contributed by atoms with van der Waals surface area (Å²) in [5.74, 6) is 2.54. The van der Waals surface area contributed by atoms with Crippen LogP contribution in [0, 0.1) is 0 Å². The van der Waals surface area contributed by atoms with E-state index in [1.165, 1.54) is 5.56 Å². The molecule has 1 atom stereocenters. The van der Waals surface area contributed by atoms with Gasteiger partial charge in [0.25, 0.3) is 5.89 Å². The van der Waals surface area contributed by atoms with Crippen LogP contribution in [0.1, 0.15) is 43.5 Å². The van der Waals surface area contributed by atoms with Gasteiger partial charge in [-0.15, -0.1) is 0 Å². The van der Waals surface area contributed by atoms with E-state index in [-0.39, 0.29) is 11.8 Å². The minimum Gasteiger partial charge on any atom is -0.493 e. The van der Waals surface area contributed by atoms with Crippen LogP contribution in [0.3, 0.4) is 0 Å². The molecule has 0 bridgehead atoms. The summed E-state index contributed by atoms with van der Waals surface area (Å²) in [6.07, 6.45) is 0.358. The molecule has 2 aromatic carbocycles. The van der Waals surface area contributed by atoms with E-state index in [9.17, 15) is 4.79 Å². The number of hydrogen-bond donors (Lipinski definition) is 0. The maximum atomic E-state index is 12.6. The molecule has 1 amide bonds. The highest BCUT2D eigenvalue weighted by atomic mass is 16.5. The van der Waals surface area contributed by atoms with Crippen molar-refractivity contribution in [1.29, 1.82) is 0 Å². The summed E-state index contributed by atoms with van der Waals surface area (Å²) in [4.78, 5) is 19.0. The van der Waals surface area contributed by atoms with Gasteiger partial charge >= 0.3 is 0 Å². The lowest BCUT2D eigenvalue weighted by Gasteiger charge is -2.17. The molecule has 1 fully saturated rings. The van der Waals surface area contributed by atoms with Crippen molar-refractivity contribution in [1.82, 2.24) is 10.1 Å². The van der Waals surface area contributed by atoms with E-state index in [1.807, 2.05) is 18.2 Å². The first kappa shape index (κ1) is 19.9. The van der Waals surface area contributed by atoms with Crippen molar-refractivity contribution < 1.29 is 18.8 Å². The predicted molar refractivity (Wildman–Crippen MR) is 113 cm³/mol. The van der Waals surface area contributed by atoms with Crippen molar-refractivity contribution in [3.05, 3.63) is 53.9 Å². The molecular formula is C23H25N3O4. The van der Waals surface area contributed by atoms with Crippen LogP contribution >= 0.6 is 0 Å². The van der Waals surface area contributed by atoms with Gasteiger partial charge in [-0.2, -0.15) is 4.98 Å². The Morgan fingerprint density at radius 2 is 1.80 bits per heavy atom. The number of amides is 1. The van der Waals surface area contributed by atoms with E-state index < -0.39 is 0 Å². The molecule has 0 N–H and O–H groups in total. The zero-order chi connectivity index (χ0) is 21.3. The largest absolute Gasteiger partial charge is 0.493 e. The topological polar surface area (TPSA) is 77.7 Å². The molecular weight excluding hydrogens is 382 g/mol. The Labute approximate surface area is 175 Å². The molecule has 156 valence electrons. The molecule has 1 aliphatic heterocycles. The molecule has 1 aromatic heterocycles. The van der Waals surface area contributed by atoms with Crippen LogP contribution in [-0.4, -0.2) is 36.8 Å². The Morgan fingerprint density at radius 3 is 2.47 bits per heavy atom. The molecule has 0 spiro atoms. The Balaban J connectivity index is 1.52. The van der Waals surface area contributed by atoms with Crippen molar-refractivity contribution >= 4 is 11.6 Å². The van der Waals surface area contributed by atoms with Gasteiger partial charge in [-0.25, -0.2) is 0 Å². The number of aromatic nitrogens is 2. The molecule has 0 aliphatic carbocycles. The fraction of sp³-hybridized carbons (Fsp3) is 0.348. The van der Waals surface area contributed by atoms with Gasteiger partial charge in [-0.1, -0.05) is 31.1 Å². The van der Waals surface area contributed by atoms with Gasteiger partial charge in [-0.3, -0.25) is 4.79 Å². The van der Waals surface area contributed by atoms with Gasteiger partial charge < -0.3 is 18.9 Å². The van der Waals surface area contributed by atoms with Crippen molar-refractivity contribution in [2.24, 2.45) is 0 Å². The SMILES string of the molecule is COc1ccc(-c2nc(C3CC(=O)N(c4ccc(C(C)C)cc4)C3)no2)cc1OC. The van der Waals surface area contributed by atoms with Crippen LogP contribution in [0.5, 0.6) is 11.5 Å². The fourth-order valence-electron chi connectivity index (χ4n) is 3.66. The van der Waals surface area contributed by atoms with Gasteiger partial charge in [0, 0.05) is 30.1 Å². The number of ether oxygens (including phenoxy) is 2. The summed E-state index contributed by atoms with van der Waals surface area (Å²) in [5.41, 5.74) is 2.88. The molecule has 7 nitrogen and oxygen atoms in total. The van der Waals surface area contributed by atoms with Gasteiger partial charge in [0.2, 0.25) is 5.91 Å². The molecule has 1 unspecified atom stereocenters. The maximum Gasteiger partial charge on any atom is 0.258 e. The number of carbonyl (C=O) groups is 1. The standard InChI is InChI=1S/C23H25N3O4/c1-14(2)15-5-8-18(9-6-15)26-13-17(12-21(26)27)22-24-23(30-25-22)16-7-10-19(28-3)20(11-16)29-4/h5-11,14,17H,12-13H2,1-4H3. The minimum absolute atomic E-state index is 0.0646. The lowest BCUT2D eigenvalue weighted by molar-refractivity contribution is -0.117. The first-order valence-corrected chi connectivity index (χ1v) is 9.96. The molecule has 1 saturated heterocycles. The van der Waals surface area contributed by atoms with Gasteiger partial charge in [0.05, 0.1) is 14.2 Å². The third-order valence-electron chi connectivity index (χ3n) is 5.43. The zero-order valence-corrected chi connectivity index (χ0v) is 17.6. The van der Waals surface area contributed by atoms with Crippen molar-refractivity contribution in [3.63, 3.8) is 0 Å². The number of rotatable bonds is 6. The van der Waals surface area contributed by atoms with Gasteiger partial charge in [-0.05, 0) is 41.8 Å². The second-order valence-electron chi connectivity index (χ2n) is 7.68. The second kappa shape index (κ2) is 8.18. The quantitative estimate of drug-likeness (QED) is 0.603. The van der Waals surface area contributed by atoms with E-state index >= 15 is 0 Å². The van der Waals surface area contributed by atoms with Crippen LogP contribution in [0.4, 0.5) is 5.69 Å². The second-order valence-corrected chi connectivity index (χ2v) is 7.68. The third-order valence-corrected chi connectivity index (χ3v) is 5.43. The third kappa shape index (κ3) is 3.75. The Kier molecular flexibility index (Phi) is 5.44. The number of anilines is 1. The molecule has 1 aliphatic rings. The molecule has 7 heteroatoms. The van der Waals surface area contributed by atoms with Crippen LogP contribution < -0.4 is 14.4 Å². The number of carbonyl (C=O) groups excluding carboxylic acids is 1. The Morgan fingerprint density at radius 1 is 1.07 bits per heavy atom.